The van der Waals surface area contributed by atoms with Crippen molar-refractivity contribution in [3.05, 3.63) is 57.6 Å². The molecule has 0 aliphatic heterocycles. The van der Waals surface area contributed by atoms with Crippen molar-refractivity contribution >= 4 is 23.2 Å². The Morgan fingerprint density at radius 3 is 2.00 bits per heavy atom. The smallest absolute Gasteiger partial charge is 0.122 e. The van der Waals surface area contributed by atoms with Crippen LogP contribution in [-0.4, -0.2) is 19.3 Å². The third-order valence-electron chi connectivity index (χ3n) is 3.22. The van der Waals surface area contributed by atoms with E-state index in [0.29, 0.717) is 33.5 Å². The standard InChI is InChI=1S/C16H16Cl2O3/c1-20-11-6-10(7-12(8-11)21-2)16(19)9-13-14(17)4-3-5-15(13)18/h3-8,16,19H,9H2,1-2H3. The van der Waals surface area contributed by atoms with Crippen molar-refractivity contribution in [2.75, 3.05) is 14.2 Å². The van der Waals surface area contributed by atoms with Gasteiger partial charge in [0.2, 0.25) is 0 Å². The fourth-order valence-corrected chi connectivity index (χ4v) is 2.61. The molecular weight excluding hydrogens is 311 g/mol. The monoisotopic (exact) mass is 326 g/mol. The summed E-state index contributed by atoms with van der Waals surface area (Å²) in [4.78, 5) is 0. The number of hydrogen-bond acceptors (Lipinski definition) is 3. The van der Waals surface area contributed by atoms with Gasteiger partial charge in [0.1, 0.15) is 11.5 Å². The average Bonchev–Trinajstić information content (AvgIpc) is 2.50. The van der Waals surface area contributed by atoms with Gasteiger partial charge in [-0.15, -0.1) is 0 Å². The summed E-state index contributed by atoms with van der Waals surface area (Å²) in [6, 6.07) is 10.5. The number of benzene rings is 2. The molecule has 0 aliphatic carbocycles. The van der Waals surface area contributed by atoms with Gasteiger partial charge in [-0.25, -0.2) is 0 Å². The Morgan fingerprint density at radius 2 is 1.52 bits per heavy atom. The first-order chi connectivity index (χ1) is 10.0. The summed E-state index contributed by atoms with van der Waals surface area (Å²) in [5.41, 5.74) is 1.40. The molecule has 3 nitrogen and oxygen atoms in total. The first-order valence-electron chi connectivity index (χ1n) is 6.39. The van der Waals surface area contributed by atoms with E-state index in [4.69, 9.17) is 32.7 Å². The van der Waals surface area contributed by atoms with Gasteiger partial charge < -0.3 is 14.6 Å². The summed E-state index contributed by atoms with van der Waals surface area (Å²) in [6.45, 7) is 0. The topological polar surface area (TPSA) is 38.7 Å². The molecule has 0 saturated heterocycles. The van der Waals surface area contributed by atoms with Crippen molar-refractivity contribution in [2.45, 2.75) is 12.5 Å². The van der Waals surface area contributed by atoms with Crippen LogP contribution >= 0.6 is 23.2 Å². The van der Waals surface area contributed by atoms with Crippen molar-refractivity contribution in [1.29, 1.82) is 0 Å². The molecule has 21 heavy (non-hydrogen) atoms. The van der Waals surface area contributed by atoms with Crippen LogP contribution in [0.15, 0.2) is 36.4 Å². The molecule has 0 aromatic heterocycles. The van der Waals surface area contributed by atoms with Gasteiger partial charge in [0.25, 0.3) is 0 Å². The Hall–Kier alpha value is -1.42. The highest BCUT2D eigenvalue weighted by Gasteiger charge is 2.15. The van der Waals surface area contributed by atoms with E-state index in [1.807, 2.05) is 0 Å². The van der Waals surface area contributed by atoms with Crippen LogP contribution in [0, 0.1) is 0 Å². The molecule has 112 valence electrons. The average molecular weight is 327 g/mol. The van der Waals surface area contributed by atoms with Crippen molar-refractivity contribution in [3.8, 4) is 11.5 Å². The van der Waals surface area contributed by atoms with E-state index < -0.39 is 6.10 Å². The van der Waals surface area contributed by atoms with Crippen molar-refractivity contribution < 1.29 is 14.6 Å². The Morgan fingerprint density at radius 1 is 1.00 bits per heavy atom. The Kier molecular flexibility index (Phi) is 5.34. The Labute approximate surface area is 134 Å². The van der Waals surface area contributed by atoms with Gasteiger partial charge in [0.15, 0.2) is 0 Å². The number of hydrogen-bond donors (Lipinski definition) is 1. The van der Waals surface area contributed by atoms with Gasteiger partial charge >= 0.3 is 0 Å². The van der Waals surface area contributed by atoms with Gasteiger partial charge in [0, 0.05) is 22.5 Å². The van der Waals surface area contributed by atoms with Gasteiger partial charge in [-0.05, 0) is 35.4 Å². The number of aliphatic hydroxyl groups excluding tert-OH is 1. The fraction of sp³-hybridized carbons (Fsp3) is 0.250. The molecule has 0 amide bonds. The number of aliphatic hydroxyl groups is 1. The highest BCUT2D eigenvalue weighted by atomic mass is 35.5. The second kappa shape index (κ2) is 7.03. The van der Waals surface area contributed by atoms with E-state index in [-0.39, 0.29) is 0 Å². The summed E-state index contributed by atoms with van der Waals surface area (Å²) < 4.78 is 10.4. The van der Waals surface area contributed by atoms with Crippen LogP contribution in [0.3, 0.4) is 0 Å². The maximum absolute atomic E-state index is 10.4. The maximum Gasteiger partial charge on any atom is 0.122 e. The molecule has 0 spiro atoms. The molecule has 0 heterocycles. The lowest BCUT2D eigenvalue weighted by atomic mass is 10.0. The highest BCUT2D eigenvalue weighted by Crippen LogP contribution is 2.32. The van der Waals surface area contributed by atoms with Crippen LogP contribution in [0.1, 0.15) is 17.2 Å². The Balaban J connectivity index is 2.30. The molecule has 0 radical (unpaired) electrons. The molecule has 0 fully saturated rings. The first kappa shape index (κ1) is 16.0. The minimum Gasteiger partial charge on any atom is -0.497 e. The van der Waals surface area contributed by atoms with Crippen LogP contribution < -0.4 is 9.47 Å². The number of halogens is 2. The number of ether oxygens (including phenoxy) is 2. The summed E-state index contributed by atoms with van der Waals surface area (Å²) in [6.07, 6.45) is -0.444. The highest BCUT2D eigenvalue weighted by molar-refractivity contribution is 6.36. The number of rotatable bonds is 5. The zero-order valence-electron chi connectivity index (χ0n) is 11.8. The van der Waals surface area contributed by atoms with E-state index in [2.05, 4.69) is 0 Å². The summed E-state index contributed by atoms with van der Waals surface area (Å²) in [5.74, 6) is 1.24. The predicted octanol–water partition coefficient (Wildman–Crippen LogP) is 4.29. The molecule has 1 atom stereocenters. The van der Waals surface area contributed by atoms with Gasteiger partial charge in [0.05, 0.1) is 20.3 Å². The lowest BCUT2D eigenvalue weighted by Crippen LogP contribution is -2.04. The molecule has 1 unspecified atom stereocenters. The minimum absolute atomic E-state index is 0.314. The molecule has 5 heteroatoms. The summed E-state index contributed by atoms with van der Waals surface area (Å²) in [7, 11) is 3.13. The zero-order chi connectivity index (χ0) is 15.4. The van der Waals surface area contributed by atoms with Crippen molar-refractivity contribution in [1.82, 2.24) is 0 Å². The van der Waals surface area contributed by atoms with E-state index in [0.717, 1.165) is 5.56 Å². The minimum atomic E-state index is -0.758. The van der Waals surface area contributed by atoms with Crippen molar-refractivity contribution in [3.63, 3.8) is 0 Å². The van der Waals surface area contributed by atoms with Crippen LogP contribution in [0.25, 0.3) is 0 Å². The van der Waals surface area contributed by atoms with Crippen LogP contribution in [-0.2, 0) is 6.42 Å². The third kappa shape index (κ3) is 3.82. The normalized spacial score (nSPS) is 12.0. The largest absolute Gasteiger partial charge is 0.497 e. The fourth-order valence-electron chi connectivity index (χ4n) is 2.06. The molecule has 0 bridgehead atoms. The third-order valence-corrected chi connectivity index (χ3v) is 3.93. The molecule has 0 aliphatic rings. The molecule has 0 saturated carbocycles. The molecule has 2 aromatic rings. The SMILES string of the molecule is COc1cc(OC)cc(C(O)Cc2c(Cl)cccc2Cl)c1. The maximum atomic E-state index is 10.4. The lowest BCUT2D eigenvalue weighted by Gasteiger charge is -2.15. The lowest BCUT2D eigenvalue weighted by molar-refractivity contribution is 0.177. The number of methoxy groups -OCH3 is 2. The van der Waals surface area contributed by atoms with Gasteiger partial charge in [-0.3, -0.25) is 0 Å². The quantitative estimate of drug-likeness (QED) is 0.890. The van der Waals surface area contributed by atoms with Gasteiger partial charge in [-0.1, -0.05) is 29.3 Å². The second-order valence-electron chi connectivity index (χ2n) is 4.57. The molecular formula is C16H16Cl2O3. The molecule has 2 rings (SSSR count). The van der Waals surface area contributed by atoms with Crippen LogP contribution in [0.2, 0.25) is 10.0 Å². The first-order valence-corrected chi connectivity index (χ1v) is 7.14. The van der Waals surface area contributed by atoms with Gasteiger partial charge in [-0.2, -0.15) is 0 Å². The summed E-state index contributed by atoms with van der Waals surface area (Å²) in [5, 5.41) is 11.5. The molecule has 1 N–H and O–H groups in total. The van der Waals surface area contributed by atoms with Crippen LogP contribution in [0.4, 0.5) is 0 Å². The zero-order valence-corrected chi connectivity index (χ0v) is 13.3. The van der Waals surface area contributed by atoms with E-state index in [1.165, 1.54) is 0 Å². The summed E-state index contributed by atoms with van der Waals surface area (Å²) >= 11 is 12.3. The van der Waals surface area contributed by atoms with E-state index in [9.17, 15) is 5.11 Å². The van der Waals surface area contributed by atoms with Crippen LogP contribution in [0.5, 0.6) is 11.5 Å². The van der Waals surface area contributed by atoms with E-state index in [1.54, 1.807) is 50.6 Å². The Bertz CT molecular complexity index is 586. The van der Waals surface area contributed by atoms with E-state index >= 15 is 0 Å². The predicted molar refractivity (Wildman–Crippen MR) is 84.7 cm³/mol. The van der Waals surface area contributed by atoms with Crippen molar-refractivity contribution in [2.24, 2.45) is 0 Å². The second-order valence-corrected chi connectivity index (χ2v) is 5.38. The molecule has 2 aromatic carbocycles.